The van der Waals surface area contributed by atoms with Crippen LogP contribution in [0, 0.1) is 0 Å². The SMILES string of the molecule is CN=C(NCc1cccc(OC)c1OC)NC(C)COC.I. The van der Waals surface area contributed by atoms with Gasteiger partial charge in [-0.1, -0.05) is 12.1 Å². The summed E-state index contributed by atoms with van der Waals surface area (Å²) in [6.45, 7) is 3.23. The molecule has 1 atom stereocenters. The summed E-state index contributed by atoms with van der Waals surface area (Å²) in [5.41, 5.74) is 0.999. The summed E-state index contributed by atoms with van der Waals surface area (Å²) in [5, 5.41) is 6.49. The van der Waals surface area contributed by atoms with Crippen LogP contribution in [0.1, 0.15) is 12.5 Å². The molecule has 1 unspecified atom stereocenters. The molecule has 0 spiro atoms. The molecule has 0 saturated carbocycles. The molecule has 0 fully saturated rings. The lowest BCUT2D eigenvalue weighted by molar-refractivity contribution is 0.179. The molecule has 0 amide bonds. The summed E-state index contributed by atoms with van der Waals surface area (Å²) in [7, 11) is 6.67. The fraction of sp³-hybridized carbons (Fsp3) is 0.533. The summed E-state index contributed by atoms with van der Waals surface area (Å²) in [6.07, 6.45) is 0. The van der Waals surface area contributed by atoms with Crippen LogP contribution >= 0.6 is 24.0 Å². The van der Waals surface area contributed by atoms with Crippen LogP contribution in [0.15, 0.2) is 23.2 Å². The number of ether oxygens (including phenoxy) is 3. The summed E-state index contributed by atoms with van der Waals surface area (Å²) >= 11 is 0. The van der Waals surface area contributed by atoms with Crippen molar-refractivity contribution in [3.05, 3.63) is 23.8 Å². The van der Waals surface area contributed by atoms with Crippen LogP contribution in [-0.4, -0.2) is 47.0 Å². The van der Waals surface area contributed by atoms with Gasteiger partial charge in [0.2, 0.25) is 0 Å². The van der Waals surface area contributed by atoms with Crippen molar-refractivity contribution in [2.45, 2.75) is 19.5 Å². The van der Waals surface area contributed by atoms with Crippen molar-refractivity contribution in [1.82, 2.24) is 10.6 Å². The van der Waals surface area contributed by atoms with Crippen LogP contribution in [0.3, 0.4) is 0 Å². The zero-order valence-electron chi connectivity index (χ0n) is 13.8. The van der Waals surface area contributed by atoms with Crippen LogP contribution in [-0.2, 0) is 11.3 Å². The number of nitrogens with zero attached hydrogens (tertiary/aromatic N) is 1. The third-order valence-electron chi connectivity index (χ3n) is 2.95. The van der Waals surface area contributed by atoms with Crippen LogP contribution < -0.4 is 20.1 Å². The van der Waals surface area contributed by atoms with Crippen molar-refractivity contribution in [3.63, 3.8) is 0 Å². The Morgan fingerprint density at radius 1 is 1.23 bits per heavy atom. The second-order valence-electron chi connectivity index (χ2n) is 4.58. The lowest BCUT2D eigenvalue weighted by Crippen LogP contribution is -2.43. The quantitative estimate of drug-likeness (QED) is 0.399. The molecule has 0 heterocycles. The molecule has 126 valence electrons. The van der Waals surface area contributed by atoms with Gasteiger partial charge in [-0.15, -0.1) is 24.0 Å². The Morgan fingerprint density at radius 3 is 2.50 bits per heavy atom. The van der Waals surface area contributed by atoms with Gasteiger partial charge in [-0.3, -0.25) is 4.99 Å². The van der Waals surface area contributed by atoms with Crippen LogP contribution in [0.25, 0.3) is 0 Å². The lowest BCUT2D eigenvalue weighted by atomic mass is 10.2. The first-order valence-electron chi connectivity index (χ1n) is 6.82. The zero-order chi connectivity index (χ0) is 15.7. The summed E-state index contributed by atoms with van der Waals surface area (Å²) < 4.78 is 15.8. The van der Waals surface area contributed by atoms with Gasteiger partial charge in [0.1, 0.15) is 0 Å². The molecule has 0 aromatic heterocycles. The van der Waals surface area contributed by atoms with Gasteiger partial charge < -0.3 is 24.8 Å². The number of methoxy groups -OCH3 is 3. The van der Waals surface area contributed by atoms with Gasteiger partial charge in [-0.25, -0.2) is 0 Å². The number of guanidine groups is 1. The maximum Gasteiger partial charge on any atom is 0.191 e. The number of rotatable bonds is 7. The third kappa shape index (κ3) is 6.27. The van der Waals surface area contributed by atoms with E-state index in [0.29, 0.717) is 24.9 Å². The van der Waals surface area contributed by atoms with E-state index in [2.05, 4.69) is 15.6 Å². The van der Waals surface area contributed by atoms with Gasteiger partial charge in [-0.2, -0.15) is 0 Å². The van der Waals surface area contributed by atoms with Crippen molar-refractivity contribution in [3.8, 4) is 11.5 Å². The summed E-state index contributed by atoms with van der Waals surface area (Å²) in [5.74, 6) is 2.16. The van der Waals surface area contributed by atoms with E-state index in [4.69, 9.17) is 14.2 Å². The van der Waals surface area contributed by atoms with Crippen LogP contribution in [0.2, 0.25) is 0 Å². The minimum atomic E-state index is 0. The van der Waals surface area contributed by atoms with Gasteiger partial charge in [0.15, 0.2) is 17.5 Å². The zero-order valence-corrected chi connectivity index (χ0v) is 16.1. The molecule has 0 aliphatic rings. The number of halogens is 1. The summed E-state index contributed by atoms with van der Waals surface area (Å²) in [4.78, 5) is 4.19. The van der Waals surface area contributed by atoms with Crippen molar-refractivity contribution >= 4 is 29.9 Å². The number of nitrogens with one attached hydrogen (secondary N) is 2. The maximum absolute atomic E-state index is 5.41. The highest BCUT2D eigenvalue weighted by Gasteiger charge is 2.10. The van der Waals surface area contributed by atoms with E-state index in [1.54, 1.807) is 28.4 Å². The first-order valence-corrected chi connectivity index (χ1v) is 6.82. The Bertz CT molecular complexity index is 469. The average molecular weight is 423 g/mol. The molecule has 1 rings (SSSR count). The highest BCUT2D eigenvalue weighted by Crippen LogP contribution is 2.30. The molecule has 0 aliphatic heterocycles. The van der Waals surface area contributed by atoms with Crippen molar-refractivity contribution in [2.75, 3.05) is 35.0 Å². The van der Waals surface area contributed by atoms with E-state index in [9.17, 15) is 0 Å². The highest BCUT2D eigenvalue weighted by molar-refractivity contribution is 14.0. The standard InChI is InChI=1S/C15H25N3O3.HI/c1-11(10-19-3)18-15(16-2)17-9-12-7-6-8-13(20-4)14(12)21-5;/h6-8,11H,9-10H2,1-5H3,(H2,16,17,18);1H. The molecule has 6 nitrogen and oxygen atoms in total. The Morgan fingerprint density at radius 2 is 1.95 bits per heavy atom. The predicted molar refractivity (Wildman–Crippen MR) is 99.6 cm³/mol. The first-order chi connectivity index (χ1) is 10.2. The van der Waals surface area contributed by atoms with E-state index in [1.165, 1.54) is 0 Å². The lowest BCUT2D eigenvalue weighted by Gasteiger charge is -2.18. The van der Waals surface area contributed by atoms with Gasteiger partial charge in [0, 0.05) is 32.3 Å². The van der Waals surface area contributed by atoms with E-state index in [1.807, 2.05) is 25.1 Å². The molecule has 22 heavy (non-hydrogen) atoms. The number of benzene rings is 1. The minimum Gasteiger partial charge on any atom is -0.493 e. The Balaban J connectivity index is 0.00000441. The molecule has 2 N–H and O–H groups in total. The molecular weight excluding hydrogens is 397 g/mol. The van der Waals surface area contributed by atoms with Crippen molar-refractivity contribution in [2.24, 2.45) is 4.99 Å². The molecule has 0 saturated heterocycles. The van der Waals surface area contributed by atoms with Crippen molar-refractivity contribution in [1.29, 1.82) is 0 Å². The molecule has 1 aromatic carbocycles. The average Bonchev–Trinajstić information content (AvgIpc) is 2.50. The van der Waals surface area contributed by atoms with E-state index < -0.39 is 0 Å². The Labute approximate surface area is 149 Å². The van der Waals surface area contributed by atoms with Gasteiger partial charge in [0.25, 0.3) is 0 Å². The monoisotopic (exact) mass is 423 g/mol. The number of aliphatic imine (C=N–C) groups is 1. The Hall–Kier alpha value is -1.22. The smallest absolute Gasteiger partial charge is 0.191 e. The minimum absolute atomic E-state index is 0. The second-order valence-corrected chi connectivity index (χ2v) is 4.58. The van der Waals surface area contributed by atoms with Crippen LogP contribution in [0.5, 0.6) is 11.5 Å². The number of para-hydroxylation sites is 1. The van der Waals surface area contributed by atoms with E-state index in [-0.39, 0.29) is 30.0 Å². The number of hydrogen-bond acceptors (Lipinski definition) is 4. The molecular formula is C15H26IN3O3. The summed E-state index contributed by atoms with van der Waals surface area (Å²) in [6, 6.07) is 5.96. The van der Waals surface area contributed by atoms with E-state index in [0.717, 1.165) is 11.3 Å². The topological polar surface area (TPSA) is 64.1 Å². The van der Waals surface area contributed by atoms with E-state index >= 15 is 0 Å². The highest BCUT2D eigenvalue weighted by atomic mass is 127. The third-order valence-corrected chi connectivity index (χ3v) is 2.95. The second kappa shape index (κ2) is 11.4. The fourth-order valence-electron chi connectivity index (χ4n) is 1.99. The van der Waals surface area contributed by atoms with Crippen molar-refractivity contribution < 1.29 is 14.2 Å². The number of hydrogen-bond donors (Lipinski definition) is 2. The molecule has 1 aromatic rings. The Kier molecular flexibility index (Phi) is 10.7. The maximum atomic E-state index is 5.41. The largest absolute Gasteiger partial charge is 0.493 e. The normalized spacial score (nSPS) is 12.1. The molecule has 0 bridgehead atoms. The first kappa shape index (κ1) is 20.8. The van der Waals surface area contributed by atoms with Gasteiger partial charge in [0.05, 0.1) is 20.8 Å². The van der Waals surface area contributed by atoms with Gasteiger partial charge in [-0.05, 0) is 13.0 Å². The molecule has 7 heteroatoms. The van der Waals surface area contributed by atoms with Crippen LogP contribution in [0.4, 0.5) is 0 Å². The fourth-order valence-corrected chi connectivity index (χ4v) is 1.99. The predicted octanol–water partition coefficient (Wildman–Crippen LogP) is 2.02. The molecule has 0 radical (unpaired) electrons. The molecule has 0 aliphatic carbocycles. The van der Waals surface area contributed by atoms with Gasteiger partial charge >= 0.3 is 0 Å².